The number of halogens is 1. The maximum atomic E-state index is 13.6. The van der Waals surface area contributed by atoms with Crippen LogP contribution in [-0.2, 0) is 5.75 Å². The lowest BCUT2D eigenvalue weighted by Crippen LogP contribution is -1.90. The third-order valence-electron chi connectivity index (χ3n) is 2.27. The zero-order valence-corrected chi connectivity index (χ0v) is 10.8. The molecule has 0 radical (unpaired) electrons. The second-order valence-corrected chi connectivity index (χ2v) is 4.91. The molecule has 0 saturated carbocycles. The molecule has 2 aromatic rings. The highest BCUT2D eigenvalue weighted by molar-refractivity contribution is 7.98. The molecule has 0 aliphatic heterocycles. The van der Waals surface area contributed by atoms with Crippen molar-refractivity contribution in [2.45, 2.75) is 19.1 Å². The predicted molar refractivity (Wildman–Crippen MR) is 70.6 cm³/mol. The quantitative estimate of drug-likeness (QED) is 0.666. The maximum Gasteiger partial charge on any atom is 0.261 e. The summed E-state index contributed by atoms with van der Waals surface area (Å²) in [4.78, 5) is 4.16. The highest BCUT2D eigenvalue weighted by Gasteiger charge is 2.13. The molecular weight excluding hydrogens is 253 g/mol. The fourth-order valence-electron chi connectivity index (χ4n) is 1.44. The summed E-state index contributed by atoms with van der Waals surface area (Å²) in [6.45, 7) is 2.11. The van der Waals surface area contributed by atoms with Crippen molar-refractivity contribution in [1.82, 2.24) is 10.1 Å². The van der Waals surface area contributed by atoms with Crippen LogP contribution in [0.15, 0.2) is 22.7 Å². The third-order valence-corrected chi connectivity index (χ3v) is 3.43. The molecule has 0 atom stereocenters. The lowest BCUT2D eigenvalue weighted by Gasteiger charge is -1.98. The Bertz CT molecular complexity index is 530. The number of aromatic nitrogens is 2. The van der Waals surface area contributed by atoms with Gasteiger partial charge in [-0.05, 0) is 30.4 Å². The fourth-order valence-corrected chi connectivity index (χ4v) is 2.17. The summed E-state index contributed by atoms with van der Waals surface area (Å²) >= 11 is 1.72. The van der Waals surface area contributed by atoms with Gasteiger partial charge in [0.2, 0.25) is 0 Å². The average molecular weight is 267 g/mol. The minimum Gasteiger partial charge on any atom is -0.399 e. The van der Waals surface area contributed by atoms with Crippen LogP contribution in [0.1, 0.15) is 19.2 Å². The Labute approximate surface area is 109 Å². The summed E-state index contributed by atoms with van der Waals surface area (Å²) in [6.07, 6.45) is 1.10. The largest absolute Gasteiger partial charge is 0.399 e. The molecule has 0 spiro atoms. The lowest BCUT2D eigenvalue weighted by atomic mass is 10.2. The Kier molecular flexibility index (Phi) is 4.19. The van der Waals surface area contributed by atoms with Gasteiger partial charge in [-0.1, -0.05) is 12.1 Å². The van der Waals surface area contributed by atoms with Gasteiger partial charge in [-0.25, -0.2) is 4.39 Å². The standard InChI is InChI=1S/C12H14FN3OS/c1-2-5-18-7-11-15-12(17-16-11)9-6-8(14)3-4-10(9)13/h3-4,6H,2,5,7,14H2,1H3. The van der Waals surface area contributed by atoms with Crippen LogP contribution >= 0.6 is 11.8 Å². The van der Waals surface area contributed by atoms with E-state index in [1.807, 2.05) is 0 Å². The first kappa shape index (κ1) is 12.9. The Hall–Kier alpha value is -1.56. The maximum absolute atomic E-state index is 13.6. The first-order chi connectivity index (χ1) is 8.70. The molecule has 1 heterocycles. The van der Waals surface area contributed by atoms with Crippen LogP contribution in [0.2, 0.25) is 0 Å². The molecule has 0 amide bonds. The summed E-state index contributed by atoms with van der Waals surface area (Å²) in [5, 5.41) is 3.82. The summed E-state index contributed by atoms with van der Waals surface area (Å²) in [7, 11) is 0. The number of thioether (sulfide) groups is 1. The van der Waals surface area contributed by atoms with E-state index in [1.54, 1.807) is 11.8 Å². The van der Waals surface area contributed by atoms with Gasteiger partial charge in [0.15, 0.2) is 5.82 Å². The van der Waals surface area contributed by atoms with Crippen molar-refractivity contribution >= 4 is 17.4 Å². The van der Waals surface area contributed by atoms with E-state index < -0.39 is 5.82 Å². The number of nitrogens with zero attached hydrogens (tertiary/aromatic N) is 2. The molecule has 1 aromatic carbocycles. The van der Waals surface area contributed by atoms with Gasteiger partial charge in [0, 0.05) is 5.69 Å². The van der Waals surface area contributed by atoms with Gasteiger partial charge >= 0.3 is 0 Å². The van der Waals surface area contributed by atoms with Crippen molar-refractivity contribution in [3.05, 3.63) is 29.8 Å². The number of nitrogen functional groups attached to an aromatic ring is 1. The average Bonchev–Trinajstić information content (AvgIpc) is 2.81. The van der Waals surface area contributed by atoms with E-state index in [0.29, 0.717) is 17.3 Å². The van der Waals surface area contributed by atoms with Crippen LogP contribution in [-0.4, -0.2) is 15.9 Å². The molecule has 18 heavy (non-hydrogen) atoms. The summed E-state index contributed by atoms with van der Waals surface area (Å²) in [6, 6.07) is 4.28. The molecule has 0 saturated heterocycles. The van der Waals surface area contributed by atoms with E-state index >= 15 is 0 Å². The van der Waals surface area contributed by atoms with Gasteiger partial charge < -0.3 is 10.3 Å². The van der Waals surface area contributed by atoms with E-state index in [9.17, 15) is 4.39 Å². The molecular formula is C12H14FN3OS. The topological polar surface area (TPSA) is 64.9 Å². The Morgan fingerprint density at radius 2 is 2.28 bits per heavy atom. The Morgan fingerprint density at radius 1 is 1.44 bits per heavy atom. The van der Waals surface area contributed by atoms with Crippen LogP contribution in [0.3, 0.4) is 0 Å². The number of hydrogen-bond acceptors (Lipinski definition) is 5. The lowest BCUT2D eigenvalue weighted by molar-refractivity contribution is 0.423. The molecule has 0 unspecified atom stereocenters. The van der Waals surface area contributed by atoms with Crippen LogP contribution in [0.4, 0.5) is 10.1 Å². The van der Waals surface area contributed by atoms with Crippen molar-refractivity contribution in [2.24, 2.45) is 0 Å². The van der Waals surface area contributed by atoms with Gasteiger partial charge in [0.05, 0.1) is 11.3 Å². The monoisotopic (exact) mass is 267 g/mol. The molecule has 2 N–H and O–H groups in total. The second kappa shape index (κ2) is 5.86. The molecule has 0 aliphatic carbocycles. The highest BCUT2D eigenvalue weighted by atomic mass is 32.2. The van der Waals surface area contributed by atoms with Crippen molar-refractivity contribution in [3.8, 4) is 11.5 Å². The molecule has 96 valence electrons. The molecule has 6 heteroatoms. The molecule has 0 aliphatic rings. The highest BCUT2D eigenvalue weighted by Crippen LogP contribution is 2.24. The Morgan fingerprint density at radius 3 is 3.06 bits per heavy atom. The minimum absolute atomic E-state index is 0.173. The predicted octanol–water partition coefficient (Wildman–Crippen LogP) is 3.10. The summed E-state index contributed by atoms with van der Waals surface area (Å²) < 4.78 is 18.6. The Balaban J connectivity index is 2.16. The minimum atomic E-state index is -0.416. The normalized spacial score (nSPS) is 10.8. The van der Waals surface area contributed by atoms with E-state index in [1.165, 1.54) is 18.2 Å². The molecule has 4 nitrogen and oxygen atoms in total. The first-order valence-electron chi connectivity index (χ1n) is 5.66. The number of anilines is 1. The summed E-state index contributed by atoms with van der Waals surface area (Å²) in [5.41, 5.74) is 6.32. The molecule has 0 bridgehead atoms. The van der Waals surface area contributed by atoms with E-state index in [0.717, 1.165) is 12.2 Å². The molecule has 0 fully saturated rings. The second-order valence-electron chi connectivity index (χ2n) is 3.81. The van der Waals surface area contributed by atoms with Crippen molar-refractivity contribution < 1.29 is 8.91 Å². The van der Waals surface area contributed by atoms with E-state index in [4.69, 9.17) is 10.3 Å². The van der Waals surface area contributed by atoms with E-state index in [2.05, 4.69) is 17.1 Å². The van der Waals surface area contributed by atoms with Crippen molar-refractivity contribution in [3.63, 3.8) is 0 Å². The third kappa shape index (κ3) is 3.01. The van der Waals surface area contributed by atoms with Crippen LogP contribution in [0.25, 0.3) is 11.5 Å². The first-order valence-corrected chi connectivity index (χ1v) is 6.82. The van der Waals surface area contributed by atoms with E-state index in [-0.39, 0.29) is 11.5 Å². The summed E-state index contributed by atoms with van der Waals surface area (Å²) in [5.74, 6) is 2.04. The van der Waals surface area contributed by atoms with Crippen molar-refractivity contribution in [1.29, 1.82) is 0 Å². The number of benzene rings is 1. The number of hydrogen-bond donors (Lipinski definition) is 1. The van der Waals surface area contributed by atoms with Gasteiger partial charge in [-0.15, -0.1) is 0 Å². The number of rotatable bonds is 5. The molecule has 2 rings (SSSR count). The van der Waals surface area contributed by atoms with Crippen LogP contribution in [0, 0.1) is 5.82 Å². The van der Waals surface area contributed by atoms with Gasteiger partial charge in [0.25, 0.3) is 5.89 Å². The SMILES string of the molecule is CCCSCc1noc(-c2cc(N)ccc2F)n1. The van der Waals surface area contributed by atoms with Gasteiger partial charge in [0.1, 0.15) is 5.82 Å². The van der Waals surface area contributed by atoms with Crippen molar-refractivity contribution in [2.75, 3.05) is 11.5 Å². The number of nitrogens with two attached hydrogens (primary N) is 1. The van der Waals surface area contributed by atoms with Crippen LogP contribution in [0.5, 0.6) is 0 Å². The van der Waals surface area contributed by atoms with Gasteiger partial charge in [-0.3, -0.25) is 0 Å². The molecule has 1 aromatic heterocycles. The smallest absolute Gasteiger partial charge is 0.261 e. The van der Waals surface area contributed by atoms with Crippen LogP contribution < -0.4 is 5.73 Å². The van der Waals surface area contributed by atoms with Gasteiger partial charge in [-0.2, -0.15) is 16.7 Å². The zero-order chi connectivity index (χ0) is 13.0. The zero-order valence-electron chi connectivity index (χ0n) is 10.0. The fraction of sp³-hybridized carbons (Fsp3) is 0.333.